The molecule has 2 aromatic carbocycles. The highest BCUT2D eigenvalue weighted by atomic mass is 35.5. The summed E-state index contributed by atoms with van der Waals surface area (Å²) in [6, 6.07) is 16.5. The molecule has 0 fully saturated rings. The lowest BCUT2D eigenvalue weighted by molar-refractivity contribution is 0.386. The molecule has 0 aliphatic carbocycles. The Bertz CT molecular complexity index is 661. The van der Waals surface area contributed by atoms with Crippen molar-refractivity contribution in [1.29, 1.82) is 0 Å². The molecule has 19 heavy (non-hydrogen) atoms. The molecule has 1 atom stereocenters. The molecule has 0 spiro atoms. The summed E-state index contributed by atoms with van der Waals surface area (Å²) in [7, 11) is 0. The first kappa shape index (κ1) is 12.2. The smallest absolute Gasteiger partial charge is 0.268 e. The van der Waals surface area contributed by atoms with Crippen LogP contribution in [0.4, 0.5) is 5.69 Å². The van der Waals surface area contributed by atoms with E-state index in [1.807, 2.05) is 42.5 Å². The number of para-hydroxylation sites is 1. The van der Waals surface area contributed by atoms with E-state index >= 15 is 0 Å². The maximum atomic E-state index is 12.0. The molecule has 0 amide bonds. The van der Waals surface area contributed by atoms with Crippen LogP contribution in [0.1, 0.15) is 5.56 Å². The average molecular weight is 293 g/mol. The number of amidine groups is 1. The van der Waals surface area contributed by atoms with Crippen molar-refractivity contribution in [3.05, 3.63) is 65.2 Å². The van der Waals surface area contributed by atoms with Gasteiger partial charge in [0.1, 0.15) is 0 Å². The number of anilines is 1. The summed E-state index contributed by atoms with van der Waals surface area (Å²) in [6.07, 6.45) is 0. The first-order chi connectivity index (χ1) is 9.27. The molecule has 0 saturated carbocycles. The van der Waals surface area contributed by atoms with E-state index in [4.69, 9.17) is 15.9 Å². The van der Waals surface area contributed by atoms with Gasteiger partial charge in [0.05, 0.1) is 10.7 Å². The minimum Gasteiger partial charge on any atom is -0.268 e. The Morgan fingerprint density at radius 3 is 2.47 bits per heavy atom. The van der Waals surface area contributed by atoms with Crippen LogP contribution < -0.4 is 4.31 Å². The van der Waals surface area contributed by atoms with Crippen LogP contribution in [0.3, 0.4) is 0 Å². The van der Waals surface area contributed by atoms with Gasteiger partial charge in [-0.3, -0.25) is 4.28 Å². The van der Waals surface area contributed by atoms with Gasteiger partial charge in [0, 0.05) is 5.56 Å². The molecule has 3 rings (SSSR count). The molecular formula is C13H9ClN2O2S. The standard InChI is InChI=1S/C13H9ClN2O2S/c14-11-8-4-5-9-12(11)16-13(15-18-19(16)17)10-6-2-1-3-7-10/h1-9H. The zero-order valence-corrected chi connectivity index (χ0v) is 11.3. The lowest BCUT2D eigenvalue weighted by Crippen LogP contribution is -2.28. The number of hydrogen-bond acceptors (Lipinski definition) is 3. The molecule has 0 radical (unpaired) electrons. The Morgan fingerprint density at radius 1 is 1.05 bits per heavy atom. The largest absolute Gasteiger partial charge is 0.346 e. The van der Waals surface area contributed by atoms with Crippen molar-refractivity contribution in [2.24, 2.45) is 5.16 Å². The van der Waals surface area contributed by atoms with Gasteiger partial charge in [0.2, 0.25) is 0 Å². The van der Waals surface area contributed by atoms with Gasteiger partial charge in [-0.1, -0.05) is 54.1 Å². The summed E-state index contributed by atoms with van der Waals surface area (Å²) in [6.45, 7) is 0. The normalized spacial score (nSPS) is 18.1. The van der Waals surface area contributed by atoms with E-state index in [-0.39, 0.29) is 0 Å². The second-order valence-electron chi connectivity index (χ2n) is 3.82. The fraction of sp³-hybridized carbons (Fsp3) is 0. The van der Waals surface area contributed by atoms with Gasteiger partial charge in [0.15, 0.2) is 5.84 Å². The number of nitrogens with zero attached hydrogens (tertiary/aromatic N) is 2. The van der Waals surface area contributed by atoms with Crippen LogP contribution in [-0.4, -0.2) is 10.0 Å². The van der Waals surface area contributed by atoms with Gasteiger partial charge in [-0.25, -0.2) is 4.31 Å². The van der Waals surface area contributed by atoms with Crippen LogP contribution in [0.15, 0.2) is 59.8 Å². The van der Waals surface area contributed by atoms with E-state index in [2.05, 4.69) is 5.16 Å². The van der Waals surface area contributed by atoms with Crippen molar-refractivity contribution in [3.63, 3.8) is 0 Å². The second kappa shape index (κ2) is 5.03. The van der Waals surface area contributed by atoms with Gasteiger partial charge in [-0.15, -0.1) is 0 Å². The molecule has 6 heteroatoms. The van der Waals surface area contributed by atoms with E-state index in [9.17, 15) is 4.21 Å². The van der Waals surface area contributed by atoms with Crippen LogP contribution in [0.2, 0.25) is 5.02 Å². The van der Waals surface area contributed by atoms with Crippen molar-refractivity contribution in [1.82, 2.24) is 0 Å². The predicted molar refractivity (Wildman–Crippen MR) is 76.1 cm³/mol. The summed E-state index contributed by atoms with van der Waals surface area (Å²) in [4.78, 5) is 0. The van der Waals surface area contributed by atoms with Gasteiger partial charge in [-0.2, -0.15) is 4.21 Å². The molecular weight excluding hydrogens is 284 g/mol. The van der Waals surface area contributed by atoms with Crippen LogP contribution >= 0.6 is 11.6 Å². The Morgan fingerprint density at radius 2 is 1.74 bits per heavy atom. The van der Waals surface area contributed by atoms with Crippen molar-refractivity contribution in [2.75, 3.05) is 4.31 Å². The molecule has 2 aromatic rings. The molecule has 0 bridgehead atoms. The van der Waals surface area contributed by atoms with Crippen molar-refractivity contribution < 1.29 is 8.49 Å². The van der Waals surface area contributed by atoms with Gasteiger partial charge in [0.25, 0.3) is 0 Å². The first-order valence-electron chi connectivity index (χ1n) is 5.55. The lowest BCUT2D eigenvalue weighted by atomic mass is 10.2. The van der Waals surface area contributed by atoms with Crippen LogP contribution in [0.5, 0.6) is 0 Å². The fourth-order valence-electron chi connectivity index (χ4n) is 1.78. The molecule has 4 nitrogen and oxygen atoms in total. The molecule has 0 N–H and O–H groups in total. The molecule has 1 unspecified atom stereocenters. The van der Waals surface area contributed by atoms with Crippen molar-refractivity contribution >= 4 is 34.4 Å². The van der Waals surface area contributed by atoms with Crippen LogP contribution in [0.25, 0.3) is 0 Å². The average Bonchev–Trinajstić information content (AvgIpc) is 2.82. The highest BCUT2D eigenvalue weighted by Gasteiger charge is 2.31. The number of hydrogen-bond donors (Lipinski definition) is 0. The highest BCUT2D eigenvalue weighted by molar-refractivity contribution is 7.83. The fourth-order valence-corrected chi connectivity index (χ4v) is 2.85. The number of benzene rings is 2. The lowest BCUT2D eigenvalue weighted by Gasteiger charge is -2.16. The summed E-state index contributed by atoms with van der Waals surface area (Å²) in [5, 5.41) is 4.36. The SMILES string of the molecule is O=S1ON=C(c2ccccc2)N1c1ccccc1Cl. The van der Waals surface area contributed by atoms with Crippen molar-refractivity contribution in [2.45, 2.75) is 0 Å². The van der Waals surface area contributed by atoms with E-state index < -0.39 is 11.3 Å². The maximum Gasteiger partial charge on any atom is 0.346 e. The van der Waals surface area contributed by atoms with Crippen molar-refractivity contribution in [3.8, 4) is 0 Å². The van der Waals surface area contributed by atoms with Gasteiger partial charge >= 0.3 is 11.3 Å². The minimum atomic E-state index is -1.71. The summed E-state index contributed by atoms with van der Waals surface area (Å²) in [5.74, 6) is 0.479. The third-order valence-electron chi connectivity index (χ3n) is 2.63. The van der Waals surface area contributed by atoms with E-state index in [0.717, 1.165) is 5.56 Å². The molecule has 96 valence electrons. The third-order valence-corrected chi connectivity index (χ3v) is 3.82. The number of oxime groups is 1. The number of rotatable bonds is 2. The topological polar surface area (TPSA) is 41.9 Å². The third kappa shape index (κ3) is 2.22. The summed E-state index contributed by atoms with van der Waals surface area (Å²) in [5.41, 5.74) is 1.41. The quantitative estimate of drug-likeness (QED) is 0.853. The predicted octanol–water partition coefficient (Wildman–Crippen LogP) is 3.12. The minimum absolute atomic E-state index is 0.479. The molecule has 1 aliphatic rings. The molecule has 1 heterocycles. The van der Waals surface area contributed by atoms with Gasteiger partial charge in [-0.05, 0) is 17.3 Å². The Balaban J connectivity index is 2.07. The van der Waals surface area contributed by atoms with Crippen LogP contribution in [-0.2, 0) is 15.6 Å². The highest BCUT2D eigenvalue weighted by Crippen LogP contribution is 2.31. The monoisotopic (exact) mass is 292 g/mol. The van der Waals surface area contributed by atoms with Gasteiger partial charge < -0.3 is 0 Å². The number of halogens is 1. The molecule has 0 saturated heterocycles. The maximum absolute atomic E-state index is 12.0. The Hall–Kier alpha value is -1.85. The van der Waals surface area contributed by atoms with Crippen LogP contribution in [0, 0.1) is 0 Å². The Kier molecular flexibility index (Phi) is 3.23. The van der Waals surface area contributed by atoms with E-state index in [0.29, 0.717) is 16.5 Å². The molecule has 1 aliphatic heterocycles. The zero-order valence-electron chi connectivity index (χ0n) is 9.69. The van der Waals surface area contributed by atoms with E-state index in [1.165, 1.54) is 4.31 Å². The van der Waals surface area contributed by atoms with E-state index in [1.54, 1.807) is 12.1 Å². The summed E-state index contributed by atoms with van der Waals surface area (Å²) < 4.78 is 18.3. The summed E-state index contributed by atoms with van der Waals surface area (Å²) >= 11 is 4.43. The zero-order chi connectivity index (χ0) is 13.2. The second-order valence-corrected chi connectivity index (χ2v) is 5.17. The first-order valence-corrected chi connectivity index (χ1v) is 6.96. The molecule has 0 aromatic heterocycles. The Labute approximate surface area is 118 Å².